The molecule has 23 heavy (non-hydrogen) atoms. The number of rotatable bonds is 7. The number of carbonyl (C=O) groups is 1. The lowest BCUT2D eigenvalue weighted by Gasteiger charge is -2.09. The first kappa shape index (κ1) is 18.4. The SMILES string of the molecule is CCOC(=O)C(=N\Nc1ccccc1OC)/C(C)=N/NC(N)=S. The summed E-state index contributed by atoms with van der Waals surface area (Å²) in [6, 6.07) is 7.14. The van der Waals surface area contributed by atoms with Crippen LogP contribution in [-0.2, 0) is 9.53 Å². The lowest BCUT2D eigenvalue weighted by Crippen LogP contribution is -2.30. The van der Waals surface area contributed by atoms with Crippen molar-refractivity contribution in [1.29, 1.82) is 0 Å². The molecule has 0 amide bonds. The molecule has 0 aliphatic rings. The van der Waals surface area contributed by atoms with Crippen LogP contribution in [0.1, 0.15) is 13.8 Å². The molecule has 0 aliphatic carbocycles. The van der Waals surface area contributed by atoms with E-state index in [0.717, 1.165) is 0 Å². The van der Waals surface area contributed by atoms with E-state index >= 15 is 0 Å². The smallest absolute Gasteiger partial charge is 0.360 e. The highest BCUT2D eigenvalue weighted by atomic mass is 32.1. The third-order valence-electron chi connectivity index (χ3n) is 2.54. The van der Waals surface area contributed by atoms with E-state index in [1.807, 2.05) is 6.07 Å². The van der Waals surface area contributed by atoms with E-state index in [2.05, 4.69) is 33.3 Å². The maximum absolute atomic E-state index is 12.0. The minimum absolute atomic E-state index is 0.0125. The van der Waals surface area contributed by atoms with Gasteiger partial charge in [-0.15, -0.1) is 0 Å². The van der Waals surface area contributed by atoms with E-state index in [-0.39, 0.29) is 23.1 Å². The number of thiocarbonyl (C=S) groups is 1. The van der Waals surface area contributed by atoms with Crippen molar-refractivity contribution in [1.82, 2.24) is 5.43 Å². The topological polar surface area (TPSA) is 110 Å². The zero-order valence-corrected chi connectivity index (χ0v) is 13.9. The zero-order valence-electron chi connectivity index (χ0n) is 13.1. The van der Waals surface area contributed by atoms with E-state index in [1.165, 1.54) is 7.11 Å². The van der Waals surface area contributed by atoms with Crippen molar-refractivity contribution in [3.05, 3.63) is 24.3 Å². The minimum atomic E-state index is -0.624. The number of nitrogens with two attached hydrogens (primary N) is 1. The zero-order chi connectivity index (χ0) is 17.2. The van der Waals surface area contributed by atoms with Crippen molar-refractivity contribution in [2.75, 3.05) is 19.1 Å². The number of hydrogen-bond donors (Lipinski definition) is 3. The Morgan fingerprint density at radius 2 is 2.04 bits per heavy atom. The van der Waals surface area contributed by atoms with Crippen LogP contribution in [0.5, 0.6) is 5.75 Å². The highest BCUT2D eigenvalue weighted by Gasteiger charge is 2.17. The second kappa shape index (κ2) is 9.36. The third kappa shape index (κ3) is 5.91. The third-order valence-corrected chi connectivity index (χ3v) is 2.63. The molecule has 0 saturated heterocycles. The second-order valence-corrected chi connectivity index (χ2v) is 4.61. The average molecular weight is 337 g/mol. The molecule has 9 heteroatoms. The number of nitrogens with zero attached hydrogens (tertiary/aromatic N) is 2. The molecule has 0 radical (unpaired) electrons. The van der Waals surface area contributed by atoms with Crippen molar-refractivity contribution in [3.63, 3.8) is 0 Å². The van der Waals surface area contributed by atoms with Crippen molar-refractivity contribution >= 4 is 40.4 Å². The van der Waals surface area contributed by atoms with Crippen LogP contribution in [0.25, 0.3) is 0 Å². The van der Waals surface area contributed by atoms with E-state index < -0.39 is 5.97 Å². The fraction of sp³-hybridized carbons (Fsp3) is 0.286. The van der Waals surface area contributed by atoms with Gasteiger partial charge in [-0.1, -0.05) is 12.1 Å². The van der Waals surface area contributed by atoms with Gasteiger partial charge >= 0.3 is 5.97 Å². The van der Waals surface area contributed by atoms with Crippen LogP contribution in [0.3, 0.4) is 0 Å². The van der Waals surface area contributed by atoms with Crippen LogP contribution >= 0.6 is 12.2 Å². The van der Waals surface area contributed by atoms with Gasteiger partial charge in [-0.2, -0.15) is 10.2 Å². The van der Waals surface area contributed by atoms with Crippen LogP contribution in [0.4, 0.5) is 5.69 Å². The van der Waals surface area contributed by atoms with Crippen LogP contribution < -0.4 is 21.3 Å². The van der Waals surface area contributed by atoms with E-state index in [9.17, 15) is 4.79 Å². The first-order valence-corrected chi connectivity index (χ1v) is 7.14. The van der Waals surface area contributed by atoms with Crippen molar-refractivity contribution in [2.45, 2.75) is 13.8 Å². The maximum atomic E-state index is 12.0. The van der Waals surface area contributed by atoms with Crippen LogP contribution in [0.2, 0.25) is 0 Å². The molecular weight excluding hydrogens is 318 g/mol. The predicted octanol–water partition coefficient (Wildman–Crippen LogP) is 1.24. The molecular formula is C14H19N5O3S. The molecule has 0 spiro atoms. The molecule has 0 bridgehead atoms. The number of nitrogens with one attached hydrogen (secondary N) is 2. The predicted molar refractivity (Wildman–Crippen MR) is 93.7 cm³/mol. The van der Waals surface area contributed by atoms with Crippen LogP contribution in [0.15, 0.2) is 34.5 Å². The van der Waals surface area contributed by atoms with Gasteiger partial charge < -0.3 is 15.2 Å². The summed E-state index contributed by atoms with van der Waals surface area (Å²) in [7, 11) is 1.54. The summed E-state index contributed by atoms with van der Waals surface area (Å²) >= 11 is 4.66. The van der Waals surface area contributed by atoms with Gasteiger partial charge in [0.1, 0.15) is 5.75 Å². The molecule has 1 aromatic rings. The molecule has 0 aliphatic heterocycles. The van der Waals surface area contributed by atoms with Gasteiger partial charge in [-0.05, 0) is 38.2 Å². The first-order chi connectivity index (χ1) is 11.0. The van der Waals surface area contributed by atoms with Crippen molar-refractivity contribution in [2.24, 2.45) is 15.9 Å². The van der Waals surface area contributed by atoms with Crippen LogP contribution in [-0.4, -0.2) is 36.2 Å². The summed E-state index contributed by atoms with van der Waals surface area (Å²) in [5, 5.41) is 7.91. The summed E-state index contributed by atoms with van der Waals surface area (Å²) in [5.41, 5.74) is 11.3. The Balaban J connectivity index is 3.05. The first-order valence-electron chi connectivity index (χ1n) is 6.73. The number of methoxy groups -OCH3 is 1. The Labute approximate surface area is 139 Å². The fourth-order valence-electron chi connectivity index (χ4n) is 1.52. The fourth-order valence-corrected chi connectivity index (χ4v) is 1.56. The Morgan fingerprint density at radius 3 is 2.65 bits per heavy atom. The molecule has 0 atom stereocenters. The van der Waals surface area contributed by atoms with Crippen molar-refractivity contribution in [3.8, 4) is 5.75 Å². The monoisotopic (exact) mass is 337 g/mol. The molecule has 0 heterocycles. The average Bonchev–Trinajstić information content (AvgIpc) is 2.53. The summed E-state index contributed by atoms with van der Waals surface area (Å²) in [6.07, 6.45) is 0. The molecule has 0 unspecified atom stereocenters. The molecule has 1 aromatic carbocycles. The van der Waals surface area contributed by atoms with Gasteiger partial charge in [0, 0.05) is 0 Å². The number of benzene rings is 1. The normalized spacial score (nSPS) is 11.6. The lowest BCUT2D eigenvalue weighted by molar-refractivity contribution is -0.134. The molecule has 4 N–H and O–H groups in total. The maximum Gasteiger partial charge on any atom is 0.360 e. The Morgan fingerprint density at radius 1 is 1.35 bits per heavy atom. The molecule has 8 nitrogen and oxygen atoms in total. The summed E-state index contributed by atoms with van der Waals surface area (Å²) in [6.45, 7) is 3.48. The second-order valence-electron chi connectivity index (χ2n) is 4.17. The number of esters is 1. The van der Waals surface area contributed by atoms with Gasteiger partial charge in [0.15, 0.2) is 10.8 Å². The summed E-state index contributed by atoms with van der Waals surface area (Å²) in [4.78, 5) is 12.0. The van der Waals surface area contributed by atoms with E-state index in [1.54, 1.807) is 32.0 Å². The highest BCUT2D eigenvalue weighted by Crippen LogP contribution is 2.22. The summed E-state index contributed by atoms with van der Waals surface area (Å²) in [5.74, 6) is -0.0452. The Bertz CT molecular complexity index is 631. The largest absolute Gasteiger partial charge is 0.495 e. The van der Waals surface area contributed by atoms with Gasteiger partial charge in [0.25, 0.3) is 0 Å². The van der Waals surface area contributed by atoms with Gasteiger partial charge in [0.05, 0.1) is 25.1 Å². The number of para-hydroxylation sites is 2. The van der Waals surface area contributed by atoms with E-state index in [4.69, 9.17) is 15.2 Å². The van der Waals surface area contributed by atoms with Gasteiger partial charge in [-0.3, -0.25) is 10.9 Å². The number of carbonyl (C=O) groups excluding carboxylic acids is 1. The number of hydrogen-bond acceptors (Lipinski definition) is 7. The molecule has 0 aromatic heterocycles. The molecule has 0 saturated carbocycles. The number of ether oxygens (including phenoxy) is 2. The summed E-state index contributed by atoms with van der Waals surface area (Å²) < 4.78 is 10.2. The van der Waals surface area contributed by atoms with Crippen molar-refractivity contribution < 1.29 is 14.3 Å². The molecule has 0 fully saturated rings. The number of anilines is 1. The van der Waals surface area contributed by atoms with E-state index in [0.29, 0.717) is 11.4 Å². The van der Waals surface area contributed by atoms with Gasteiger partial charge in [0.2, 0.25) is 0 Å². The van der Waals surface area contributed by atoms with Crippen LogP contribution in [0, 0.1) is 0 Å². The Hall–Kier alpha value is -2.68. The number of hydrazone groups is 2. The molecule has 124 valence electrons. The van der Waals surface area contributed by atoms with Gasteiger partial charge in [-0.25, -0.2) is 4.79 Å². The standard InChI is InChI=1S/C14H19N5O3S/c1-4-22-13(20)12(9(2)16-19-14(15)23)18-17-10-7-5-6-8-11(10)21-3/h5-8,17H,4H2,1-3H3,(H3,15,19,23)/b16-9+,18-12-. The minimum Gasteiger partial charge on any atom is -0.495 e. The lowest BCUT2D eigenvalue weighted by atomic mass is 10.2. The molecule has 1 rings (SSSR count). The quantitative estimate of drug-likeness (QED) is 0.297. The highest BCUT2D eigenvalue weighted by molar-refractivity contribution is 7.80. The Kier molecular flexibility index (Phi) is 7.48.